The van der Waals surface area contributed by atoms with E-state index in [2.05, 4.69) is 31.0 Å². The highest BCUT2D eigenvalue weighted by atomic mass is 35.5. The molecule has 4 saturated carbocycles. The van der Waals surface area contributed by atoms with Crippen LogP contribution < -0.4 is 0 Å². The molecule has 10 nitrogen and oxygen atoms in total. The number of fused-ring (bicyclic) bond motifs is 7. The van der Waals surface area contributed by atoms with Gasteiger partial charge in [0.05, 0.1) is 35.9 Å². The zero-order chi connectivity index (χ0) is 33.9. The summed E-state index contributed by atoms with van der Waals surface area (Å²) in [6.07, 6.45) is 16.6. The van der Waals surface area contributed by atoms with Crippen molar-refractivity contribution >= 4 is 57.2 Å². The second-order valence-electron chi connectivity index (χ2n) is 12.7. The minimum atomic E-state index is -0.384. The third kappa shape index (κ3) is 7.05. The summed E-state index contributed by atoms with van der Waals surface area (Å²) in [5, 5.41) is 0.882. The maximum atomic E-state index is 14.4. The predicted octanol–water partition coefficient (Wildman–Crippen LogP) is 7.81. The van der Waals surface area contributed by atoms with Gasteiger partial charge in [0.25, 0.3) is 0 Å². The number of esters is 2. The minimum Gasteiger partial charge on any atom is -0.466 e. The van der Waals surface area contributed by atoms with Crippen molar-refractivity contribution in [2.45, 2.75) is 71.3 Å². The van der Waals surface area contributed by atoms with Crippen molar-refractivity contribution < 1.29 is 27.8 Å². The third-order valence-corrected chi connectivity index (χ3v) is 10.4. The van der Waals surface area contributed by atoms with E-state index in [0.29, 0.717) is 53.0 Å². The van der Waals surface area contributed by atoms with Crippen molar-refractivity contribution in [2.75, 3.05) is 13.2 Å². The minimum absolute atomic E-state index is 0.0723. The van der Waals surface area contributed by atoms with Crippen molar-refractivity contribution in [1.29, 1.82) is 0 Å². The number of aromatic nitrogens is 6. The molecule has 0 aliphatic heterocycles. The number of ether oxygens (including phenoxy) is 2. The number of rotatable bonds is 5. The Morgan fingerprint density at radius 1 is 0.875 bits per heavy atom. The van der Waals surface area contributed by atoms with Crippen molar-refractivity contribution in [3.05, 3.63) is 58.6 Å². The van der Waals surface area contributed by atoms with Gasteiger partial charge in [-0.25, -0.2) is 23.5 Å². The SMILES string of the molecule is CCOC(=O)C1=CC2CCC1CC2.CCOC(=O)[C@H]1C2CCC(CC2)[C@@H]1n1cc(F)c2cnc(Cl)nc21.Fc1c[nH]c2nc(Cl)ncc12. The number of aromatic amines is 1. The molecule has 0 saturated heterocycles. The zero-order valence-corrected chi connectivity index (χ0v) is 28.3. The summed E-state index contributed by atoms with van der Waals surface area (Å²) in [4.78, 5) is 42.2. The molecule has 4 aromatic heterocycles. The molecule has 0 aromatic carbocycles. The van der Waals surface area contributed by atoms with Crippen molar-refractivity contribution in [3.63, 3.8) is 0 Å². The maximum absolute atomic E-state index is 14.4. The van der Waals surface area contributed by atoms with Crippen LogP contribution in [0.4, 0.5) is 8.78 Å². The summed E-state index contributed by atoms with van der Waals surface area (Å²) in [5.41, 5.74) is 1.84. The number of carbonyl (C=O) groups is 2. The smallest absolute Gasteiger partial charge is 0.333 e. The zero-order valence-electron chi connectivity index (χ0n) is 26.8. The fourth-order valence-corrected chi connectivity index (χ4v) is 8.14. The molecular weight excluding hydrogens is 665 g/mol. The molecule has 0 spiro atoms. The normalized spacial score (nSPS) is 25.5. The van der Waals surface area contributed by atoms with Crippen LogP contribution in [0.5, 0.6) is 0 Å². The fourth-order valence-electron chi connectivity index (χ4n) is 7.88. The second-order valence-corrected chi connectivity index (χ2v) is 13.4. The number of hydrogen-bond donors (Lipinski definition) is 1. The number of H-pyrrole nitrogens is 1. The van der Waals surface area contributed by atoms with Gasteiger partial charge in [-0.2, -0.15) is 9.97 Å². The van der Waals surface area contributed by atoms with E-state index in [4.69, 9.17) is 32.7 Å². The van der Waals surface area contributed by atoms with E-state index in [1.54, 1.807) is 4.57 Å². The Bertz CT molecular complexity index is 1810. The van der Waals surface area contributed by atoms with E-state index in [1.165, 1.54) is 50.5 Å². The van der Waals surface area contributed by atoms with Crippen LogP contribution in [0.15, 0.2) is 36.4 Å². The lowest BCUT2D eigenvalue weighted by Crippen LogP contribution is -2.45. The standard InChI is InChI=1S/C17H19ClFN3O2.C11H16O2.C6H3ClFN3/c1-2-24-16(23)13-9-3-5-10(6-4-9)14(13)22-8-12(19)11-7-20-17(18)21-15(11)22;1-2-13-11(12)10-7-8-3-5-9(10)6-4-8;7-6-10-1-3-4(8)2-9-5(3)11-6/h7-10,13-14H,2-6H2,1H3;7-9H,2-6H2,1H3;1-2H,(H,9,10,11)/t9?,10?,13-,14-;;/m0../s1. The molecule has 0 radical (unpaired) electrons. The molecular formula is C34H38Cl2F2N6O4. The average Bonchev–Trinajstić information content (AvgIpc) is 3.63. The van der Waals surface area contributed by atoms with Gasteiger partial charge in [0.15, 0.2) is 11.6 Å². The van der Waals surface area contributed by atoms with Gasteiger partial charge < -0.3 is 19.0 Å². The first-order valence-electron chi connectivity index (χ1n) is 16.6. The molecule has 256 valence electrons. The Balaban J connectivity index is 0.000000140. The lowest BCUT2D eigenvalue weighted by atomic mass is 9.61. The molecule has 0 amide bonds. The van der Waals surface area contributed by atoms with Gasteiger partial charge in [0, 0.05) is 30.4 Å². The van der Waals surface area contributed by atoms with E-state index in [9.17, 15) is 18.4 Å². The van der Waals surface area contributed by atoms with E-state index in [1.807, 2.05) is 13.8 Å². The highest BCUT2D eigenvalue weighted by Crippen LogP contribution is 2.52. The molecule has 4 aromatic rings. The molecule has 4 fully saturated rings. The Labute approximate surface area is 286 Å². The van der Waals surface area contributed by atoms with Crippen LogP contribution in [-0.2, 0) is 19.1 Å². The fraction of sp³-hybridized carbons (Fsp3) is 0.529. The largest absolute Gasteiger partial charge is 0.466 e. The third-order valence-electron chi connectivity index (χ3n) is 10.0. The van der Waals surface area contributed by atoms with Crippen LogP contribution in [0.1, 0.15) is 71.3 Å². The summed E-state index contributed by atoms with van der Waals surface area (Å²) in [7, 11) is 0. The summed E-state index contributed by atoms with van der Waals surface area (Å²) < 4.78 is 39.2. The quantitative estimate of drug-likeness (QED) is 0.165. The van der Waals surface area contributed by atoms with Crippen LogP contribution in [-0.4, -0.2) is 54.6 Å². The molecule has 10 rings (SSSR count). The molecule has 0 unspecified atom stereocenters. The molecule has 14 heteroatoms. The van der Waals surface area contributed by atoms with Gasteiger partial charge in [-0.1, -0.05) is 6.08 Å². The molecule has 6 aliphatic rings. The first-order chi connectivity index (χ1) is 23.2. The summed E-state index contributed by atoms with van der Waals surface area (Å²) in [6.45, 7) is 4.52. The summed E-state index contributed by atoms with van der Waals surface area (Å²) >= 11 is 11.4. The number of carbonyl (C=O) groups excluding carboxylic acids is 2. The summed E-state index contributed by atoms with van der Waals surface area (Å²) in [5.74, 6) is 0.526. The van der Waals surface area contributed by atoms with Gasteiger partial charge in [-0.3, -0.25) is 4.79 Å². The van der Waals surface area contributed by atoms with Crippen LogP contribution in [0.3, 0.4) is 0 Å². The number of nitrogens with one attached hydrogen (secondary N) is 1. The van der Waals surface area contributed by atoms with Crippen LogP contribution >= 0.6 is 23.2 Å². The molecule has 48 heavy (non-hydrogen) atoms. The Morgan fingerprint density at radius 2 is 1.52 bits per heavy atom. The van der Waals surface area contributed by atoms with E-state index >= 15 is 0 Å². The Hall–Kier alpha value is -3.64. The maximum Gasteiger partial charge on any atom is 0.333 e. The summed E-state index contributed by atoms with van der Waals surface area (Å²) in [6, 6.07) is -0.130. The van der Waals surface area contributed by atoms with Crippen molar-refractivity contribution in [3.8, 4) is 0 Å². The molecule has 4 heterocycles. The lowest BCUT2D eigenvalue weighted by molar-refractivity contribution is -0.157. The van der Waals surface area contributed by atoms with Gasteiger partial charge in [0.2, 0.25) is 10.6 Å². The highest BCUT2D eigenvalue weighted by Gasteiger charge is 2.49. The predicted molar refractivity (Wildman–Crippen MR) is 176 cm³/mol. The second kappa shape index (κ2) is 14.9. The van der Waals surface area contributed by atoms with Crippen LogP contribution in [0, 0.1) is 41.2 Å². The Kier molecular flexibility index (Phi) is 10.6. The highest BCUT2D eigenvalue weighted by molar-refractivity contribution is 6.28. The van der Waals surface area contributed by atoms with Crippen molar-refractivity contribution in [2.24, 2.45) is 29.6 Å². The first kappa shape index (κ1) is 34.2. The molecule has 6 aliphatic carbocycles. The molecule has 2 atom stereocenters. The van der Waals surface area contributed by atoms with Gasteiger partial charge in [-0.05, 0) is 112 Å². The van der Waals surface area contributed by atoms with Crippen LogP contribution in [0.25, 0.3) is 22.1 Å². The number of halogens is 4. The molecule has 1 N–H and O–H groups in total. The lowest BCUT2D eigenvalue weighted by Gasteiger charge is -2.47. The van der Waals surface area contributed by atoms with Gasteiger partial charge in [0.1, 0.15) is 11.3 Å². The average molecular weight is 704 g/mol. The number of hydrogen-bond acceptors (Lipinski definition) is 8. The Morgan fingerprint density at radius 3 is 2.17 bits per heavy atom. The van der Waals surface area contributed by atoms with Gasteiger partial charge in [-0.15, -0.1) is 0 Å². The van der Waals surface area contributed by atoms with E-state index in [0.717, 1.165) is 31.3 Å². The monoisotopic (exact) mass is 702 g/mol. The van der Waals surface area contributed by atoms with E-state index in [-0.39, 0.29) is 52.0 Å². The van der Waals surface area contributed by atoms with Crippen LogP contribution in [0.2, 0.25) is 10.6 Å². The molecule has 4 bridgehead atoms. The van der Waals surface area contributed by atoms with Crippen molar-refractivity contribution in [1.82, 2.24) is 29.5 Å². The van der Waals surface area contributed by atoms with Gasteiger partial charge >= 0.3 is 11.9 Å². The van der Waals surface area contributed by atoms with E-state index < -0.39 is 0 Å². The topological polar surface area (TPSA) is 125 Å². The number of nitrogens with zero attached hydrogens (tertiary/aromatic N) is 5. The number of allylic oxidation sites excluding steroid dienone is 1. The first-order valence-corrected chi connectivity index (χ1v) is 17.3.